The van der Waals surface area contributed by atoms with Gasteiger partial charge in [0.15, 0.2) is 8.32 Å². The quantitative estimate of drug-likeness (QED) is 0.263. The molecular formula is C20H44O4Si3. The van der Waals surface area contributed by atoms with Gasteiger partial charge in [0.25, 0.3) is 0 Å². The van der Waals surface area contributed by atoms with E-state index in [2.05, 4.69) is 88.9 Å². The summed E-state index contributed by atoms with van der Waals surface area (Å²) in [5.41, 5.74) is 1.71. The first-order valence-electron chi connectivity index (χ1n) is 10.3. The second kappa shape index (κ2) is 10.0. The Labute approximate surface area is 171 Å². The molecule has 0 radical (unpaired) electrons. The fourth-order valence-electron chi connectivity index (χ4n) is 4.54. The van der Waals surface area contributed by atoms with E-state index in [1.807, 2.05) is 0 Å². The highest BCUT2D eigenvalue weighted by Gasteiger charge is 2.56. The molecule has 0 aromatic rings. The molecule has 0 amide bonds. The van der Waals surface area contributed by atoms with E-state index in [1.54, 1.807) is 0 Å². The van der Waals surface area contributed by atoms with Gasteiger partial charge >= 0.3 is 23.1 Å². The molecule has 7 heteroatoms. The number of hydrogen-bond donors (Lipinski definition) is 0. The van der Waals surface area contributed by atoms with Crippen LogP contribution < -0.4 is 0 Å². The predicted molar refractivity (Wildman–Crippen MR) is 123 cm³/mol. The van der Waals surface area contributed by atoms with Gasteiger partial charge < -0.3 is 12.7 Å². The number of hydrogen-bond acceptors (Lipinski definition) is 4. The maximum atomic E-state index is 12.1. The van der Waals surface area contributed by atoms with Gasteiger partial charge in [-0.05, 0) is 29.7 Å². The molecule has 0 rings (SSSR count). The van der Waals surface area contributed by atoms with Crippen LogP contribution in [-0.2, 0) is 17.5 Å². The minimum Gasteiger partial charge on any atom is -0.491 e. The third-order valence-electron chi connectivity index (χ3n) is 5.57. The van der Waals surface area contributed by atoms with Crippen molar-refractivity contribution in [1.82, 2.24) is 0 Å². The van der Waals surface area contributed by atoms with Crippen LogP contribution in [0.4, 0.5) is 0 Å². The maximum absolute atomic E-state index is 12.1. The second-order valence-corrected chi connectivity index (χ2v) is 23.1. The molecule has 0 aliphatic heterocycles. The topological polar surface area (TPSA) is 44.8 Å². The van der Waals surface area contributed by atoms with E-state index in [1.165, 1.54) is 6.08 Å². The van der Waals surface area contributed by atoms with Gasteiger partial charge in [-0.2, -0.15) is 0 Å². The van der Waals surface area contributed by atoms with Crippen LogP contribution in [0.15, 0.2) is 12.7 Å². The molecule has 0 unspecified atom stereocenters. The first kappa shape index (κ1) is 26.8. The zero-order chi connectivity index (χ0) is 21.8. The van der Waals surface area contributed by atoms with Crippen molar-refractivity contribution >= 4 is 31.4 Å². The fourth-order valence-corrected chi connectivity index (χ4v) is 22.6. The molecule has 0 fully saturated rings. The van der Waals surface area contributed by atoms with Crippen molar-refractivity contribution in [3.8, 4) is 0 Å². The van der Waals surface area contributed by atoms with Gasteiger partial charge in [-0.1, -0.05) is 75.8 Å². The summed E-state index contributed by atoms with van der Waals surface area (Å²) in [6, 6.07) is 0. The molecule has 0 spiro atoms. The molecule has 0 saturated heterocycles. The van der Waals surface area contributed by atoms with Crippen molar-refractivity contribution in [2.24, 2.45) is 0 Å². The summed E-state index contributed by atoms with van der Waals surface area (Å²) in [5.74, 6) is -0.394. The van der Waals surface area contributed by atoms with E-state index in [-0.39, 0.29) is 11.1 Å². The number of carbonyl (C=O) groups is 1. The van der Waals surface area contributed by atoms with Gasteiger partial charge in [-0.3, -0.25) is 0 Å². The van der Waals surface area contributed by atoms with Crippen LogP contribution in [0.5, 0.6) is 0 Å². The summed E-state index contributed by atoms with van der Waals surface area (Å²) in [6.45, 7) is 29.9. The van der Waals surface area contributed by atoms with Crippen molar-refractivity contribution < 1.29 is 17.5 Å². The highest BCUT2D eigenvalue weighted by atomic mass is 28.5. The van der Waals surface area contributed by atoms with Gasteiger partial charge in [0.05, 0.1) is 0 Å². The van der Waals surface area contributed by atoms with Crippen molar-refractivity contribution in [2.75, 3.05) is 0 Å². The molecule has 0 bridgehead atoms. The Balaban J connectivity index is 6.08. The molecule has 0 aromatic heterocycles. The maximum Gasteiger partial charge on any atom is 0.398 e. The van der Waals surface area contributed by atoms with E-state index in [0.717, 1.165) is 0 Å². The van der Waals surface area contributed by atoms with Crippen molar-refractivity contribution in [1.29, 1.82) is 0 Å². The lowest BCUT2D eigenvalue weighted by molar-refractivity contribution is -0.131. The Kier molecular flexibility index (Phi) is 9.92. The summed E-state index contributed by atoms with van der Waals surface area (Å²) < 4.78 is 19.9. The van der Waals surface area contributed by atoms with Crippen LogP contribution >= 0.6 is 0 Å². The molecule has 27 heavy (non-hydrogen) atoms. The lowest BCUT2D eigenvalue weighted by Crippen LogP contribution is -2.62. The second-order valence-electron chi connectivity index (χ2n) is 9.58. The molecule has 0 aromatic carbocycles. The Morgan fingerprint density at radius 2 is 1.11 bits per heavy atom. The van der Waals surface area contributed by atoms with E-state index in [0.29, 0.717) is 16.6 Å². The molecule has 0 atom stereocenters. The fraction of sp³-hybridized carbons (Fsp3) is 0.850. The Morgan fingerprint density at radius 1 is 0.741 bits per heavy atom. The minimum absolute atomic E-state index is 0.130. The zero-order valence-corrected chi connectivity index (χ0v) is 22.8. The monoisotopic (exact) mass is 432 g/mol. The van der Waals surface area contributed by atoms with Crippen LogP contribution in [0.1, 0.15) is 69.2 Å². The van der Waals surface area contributed by atoms with Gasteiger partial charge in [-0.15, -0.1) is 0 Å². The van der Waals surface area contributed by atoms with Gasteiger partial charge in [-0.25, -0.2) is 4.79 Å². The largest absolute Gasteiger partial charge is 0.491 e. The molecule has 0 heterocycles. The lowest BCUT2D eigenvalue weighted by Gasteiger charge is -2.49. The van der Waals surface area contributed by atoms with E-state index in [4.69, 9.17) is 12.7 Å². The van der Waals surface area contributed by atoms with E-state index in [9.17, 15) is 4.79 Å². The number of carbonyl (C=O) groups excluding carboxylic acids is 1. The standard InChI is InChI=1S/C20H44O4Si3/c1-14-20(21)22-27(18(8)9,19(10)11)24-25(12,13)23-26(15(2)3,16(4)5)17(6)7/h14-19H,1H2,2-13H3. The molecule has 0 aliphatic carbocycles. The molecule has 0 saturated carbocycles. The van der Waals surface area contributed by atoms with Crippen LogP contribution in [0, 0.1) is 0 Å². The molecule has 160 valence electrons. The summed E-state index contributed by atoms with van der Waals surface area (Å²) in [5, 5.41) is 0. The van der Waals surface area contributed by atoms with Crippen molar-refractivity contribution in [2.45, 2.75) is 110 Å². The molecule has 4 nitrogen and oxygen atoms in total. The van der Waals surface area contributed by atoms with Gasteiger partial charge in [0.1, 0.15) is 0 Å². The third-order valence-corrected chi connectivity index (χ3v) is 21.3. The normalized spacial score (nSPS) is 14.0. The van der Waals surface area contributed by atoms with E-state index < -0.39 is 31.4 Å². The van der Waals surface area contributed by atoms with Crippen molar-refractivity contribution in [3.05, 3.63) is 12.7 Å². The predicted octanol–water partition coefficient (Wildman–Crippen LogP) is 6.89. The highest BCUT2D eigenvalue weighted by Crippen LogP contribution is 2.46. The smallest absolute Gasteiger partial charge is 0.398 e. The average molecular weight is 433 g/mol. The molecule has 0 N–H and O–H groups in total. The Bertz CT molecular complexity index is 470. The summed E-state index contributed by atoms with van der Waals surface area (Å²) >= 11 is 0. The molecular weight excluding hydrogens is 388 g/mol. The molecule has 0 aliphatic rings. The average Bonchev–Trinajstić information content (AvgIpc) is 2.49. The number of rotatable bonds is 11. The van der Waals surface area contributed by atoms with Gasteiger partial charge in [0, 0.05) is 17.2 Å². The SMILES string of the molecule is C=CC(=O)O[Si](O[Si](C)(C)O[Si](C(C)C)(C(C)C)C(C)C)(C(C)C)C(C)C. The highest BCUT2D eigenvalue weighted by molar-refractivity contribution is 6.90. The first-order valence-corrected chi connectivity index (χ1v) is 17.3. The Hall–Kier alpha value is -0.219. The third kappa shape index (κ3) is 6.13. The van der Waals surface area contributed by atoms with Crippen LogP contribution in [0.25, 0.3) is 0 Å². The summed E-state index contributed by atoms with van der Waals surface area (Å²) in [4.78, 5) is 12.1. The zero-order valence-electron chi connectivity index (χ0n) is 19.8. The Morgan fingerprint density at radius 3 is 1.37 bits per heavy atom. The van der Waals surface area contributed by atoms with Gasteiger partial charge in [0.2, 0.25) is 0 Å². The minimum atomic E-state index is -2.84. The van der Waals surface area contributed by atoms with Crippen molar-refractivity contribution in [3.63, 3.8) is 0 Å². The first-order chi connectivity index (χ1) is 12.1. The van der Waals surface area contributed by atoms with Crippen LogP contribution in [0.2, 0.25) is 40.8 Å². The van der Waals surface area contributed by atoms with E-state index >= 15 is 0 Å². The van der Waals surface area contributed by atoms with Crippen LogP contribution in [-0.4, -0.2) is 31.4 Å². The lowest BCUT2D eigenvalue weighted by atomic mass is 10.5. The summed E-state index contributed by atoms with van der Waals surface area (Å²) in [6.07, 6.45) is 1.24. The van der Waals surface area contributed by atoms with Crippen LogP contribution in [0.3, 0.4) is 0 Å². The summed E-state index contributed by atoms with van der Waals surface area (Å²) in [7, 11) is -7.47.